The highest BCUT2D eigenvalue weighted by molar-refractivity contribution is 5.50. The van der Waals surface area contributed by atoms with E-state index in [9.17, 15) is 0 Å². The summed E-state index contributed by atoms with van der Waals surface area (Å²) in [6, 6.07) is 10.2. The maximum atomic E-state index is 3.61. The van der Waals surface area contributed by atoms with Crippen LogP contribution in [0.25, 0.3) is 0 Å². The van der Waals surface area contributed by atoms with Crippen molar-refractivity contribution in [2.24, 2.45) is 0 Å². The van der Waals surface area contributed by atoms with Crippen LogP contribution in [0, 0.1) is 0 Å². The van der Waals surface area contributed by atoms with Gasteiger partial charge in [0.15, 0.2) is 0 Å². The van der Waals surface area contributed by atoms with E-state index in [-0.39, 0.29) is 0 Å². The summed E-state index contributed by atoms with van der Waals surface area (Å²) in [6.07, 6.45) is 2.32. The molecule has 1 aliphatic rings. The van der Waals surface area contributed by atoms with Gasteiger partial charge >= 0.3 is 0 Å². The molecule has 0 aromatic heterocycles. The van der Waals surface area contributed by atoms with Crippen LogP contribution in [0.3, 0.4) is 0 Å². The molecule has 2 nitrogen and oxygen atoms in total. The molecule has 1 heterocycles. The fourth-order valence-corrected chi connectivity index (χ4v) is 2.52. The minimum Gasteiger partial charge on any atom is -0.366 e. The first-order valence-corrected chi connectivity index (χ1v) is 6.83. The average Bonchev–Trinajstić information content (AvgIpc) is 2.39. The van der Waals surface area contributed by atoms with Crippen LogP contribution in [-0.2, 0) is 6.42 Å². The van der Waals surface area contributed by atoms with Crippen molar-refractivity contribution >= 4 is 5.69 Å². The topological polar surface area (TPSA) is 15.3 Å². The summed E-state index contributed by atoms with van der Waals surface area (Å²) in [7, 11) is 0. The lowest BCUT2D eigenvalue weighted by Gasteiger charge is -2.40. The van der Waals surface area contributed by atoms with Crippen molar-refractivity contribution in [2.75, 3.05) is 18.0 Å². The lowest BCUT2D eigenvalue weighted by atomic mass is 10.1. The summed E-state index contributed by atoms with van der Waals surface area (Å²) in [5.41, 5.74) is 2.82. The molecule has 17 heavy (non-hydrogen) atoms. The SMILES string of the molecule is CCc1cccc(N2CC(CC)NCC2C)c1. The Bertz CT molecular complexity index is 362. The molecule has 2 rings (SSSR count). The Balaban J connectivity index is 2.18. The lowest BCUT2D eigenvalue weighted by Crippen LogP contribution is -2.55. The fourth-order valence-electron chi connectivity index (χ4n) is 2.52. The molecule has 1 aromatic carbocycles. The van der Waals surface area contributed by atoms with Crippen molar-refractivity contribution in [1.82, 2.24) is 5.32 Å². The predicted octanol–water partition coefficient (Wildman–Crippen LogP) is 2.83. The van der Waals surface area contributed by atoms with Gasteiger partial charge in [-0.25, -0.2) is 0 Å². The highest BCUT2D eigenvalue weighted by Crippen LogP contribution is 2.21. The molecule has 1 saturated heterocycles. The smallest absolute Gasteiger partial charge is 0.0387 e. The van der Waals surface area contributed by atoms with Crippen LogP contribution in [-0.4, -0.2) is 25.2 Å². The molecule has 0 saturated carbocycles. The molecule has 94 valence electrons. The highest BCUT2D eigenvalue weighted by atomic mass is 15.2. The lowest BCUT2D eigenvalue weighted by molar-refractivity contribution is 0.397. The Morgan fingerprint density at radius 2 is 2.18 bits per heavy atom. The molecule has 0 radical (unpaired) electrons. The van der Waals surface area contributed by atoms with Gasteiger partial charge in [-0.1, -0.05) is 26.0 Å². The van der Waals surface area contributed by atoms with Crippen molar-refractivity contribution in [3.8, 4) is 0 Å². The molecule has 0 aliphatic carbocycles. The first-order valence-electron chi connectivity index (χ1n) is 6.83. The monoisotopic (exact) mass is 232 g/mol. The summed E-state index contributed by atoms with van der Waals surface area (Å²) in [5.74, 6) is 0. The van der Waals surface area contributed by atoms with Crippen LogP contribution in [0.1, 0.15) is 32.8 Å². The van der Waals surface area contributed by atoms with Crippen molar-refractivity contribution < 1.29 is 0 Å². The third-order valence-corrected chi connectivity index (χ3v) is 3.79. The third-order valence-electron chi connectivity index (χ3n) is 3.79. The maximum Gasteiger partial charge on any atom is 0.0387 e. The molecule has 2 atom stereocenters. The minimum atomic E-state index is 0.588. The third kappa shape index (κ3) is 2.81. The summed E-state index contributed by atoms with van der Waals surface area (Å²) in [5, 5.41) is 3.61. The zero-order valence-corrected chi connectivity index (χ0v) is 11.2. The maximum absolute atomic E-state index is 3.61. The Kier molecular flexibility index (Phi) is 4.06. The van der Waals surface area contributed by atoms with Crippen molar-refractivity contribution in [1.29, 1.82) is 0 Å². The molecule has 1 fully saturated rings. The minimum absolute atomic E-state index is 0.588. The van der Waals surface area contributed by atoms with Gasteiger partial charge in [0.05, 0.1) is 0 Å². The number of nitrogens with one attached hydrogen (secondary N) is 1. The van der Waals surface area contributed by atoms with E-state index in [4.69, 9.17) is 0 Å². The Morgan fingerprint density at radius 1 is 1.35 bits per heavy atom. The Hall–Kier alpha value is -1.02. The molecule has 1 aromatic rings. The number of hydrogen-bond donors (Lipinski definition) is 1. The van der Waals surface area contributed by atoms with Gasteiger partial charge in [0.2, 0.25) is 0 Å². The first kappa shape index (κ1) is 12.4. The number of piperazine rings is 1. The largest absolute Gasteiger partial charge is 0.366 e. The van der Waals surface area contributed by atoms with Crippen LogP contribution in [0.4, 0.5) is 5.69 Å². The van der Waals surface area contributed by atoms with Gasteiger partial charge in [-0.2, -0.15) is 0 Å². The van der Waals surface area contributed by atoms with E-state index >= 15 is 0 Å². The fraction of sp³-hybridized carbons (Fsp3) is 0.600. The van der Waals surface area contributed by atoms with Crippen LogP contribution in [0.2, 0.25) is 0 Å². The van der Waals surface area contributed by atoms with Gasteiger partial charge in [0.25, 0.3) is 0 Å². The molecule has 0 spiro atoms. The van der Waals surface area contributed by atoms with E-state index in [1.165, 1.54) is 17.7 Å². The van der Waals surface area contributed by atoms with E-state index in [1.54, 1.807) is 0 Å². The van der Waals surface area contributed by atoms with Crippen LogP contribution in [0.15, 0.2) is 24.3 Å². The van der Waals surface area contributed by atoms with E-state index in [0.717, 1.165) is 19.5 Å². The summed E-state index contributed by atoms with van der Waals surface area (Å²) in [6.45, 7) is 9.00. The van der Waals surface area contributed by atoms with Gasteiger partial charge in [0.1, 0.15) is 0 Å². The van der Waals surface area contributed by atoms with Crippen molar-refractivity contribution in [3.63, 3.8) is 0 Å². The van der Waals surface area contributed by atoms with E-state index in [1.807, 2.05) is 0 Å². The molecule has 2 heteroatoms. The number of benzene rings is 1. The predicted molar refractivity (Wildman–Crippen MR) is 74.7 cm³/mol. The standard InChI is InChI=1S/C15H24N2/c1-4-13-7-6-8-15(9-13)17-11-14(5-2)16-10-12(17)3/h6-9,12,14,16H,4-5,10-11H2,1-3H3. The van der Waals surface area contributed by atoms with Gasteiger partial charge < -0.3 is 10.2 Å². The van der Waals surface area contributed by atoms with E-state index < -0.39 is 0 Å². The normalized spacial score (nSPS) is 25.0. The highest BCUT2D eigenvalue weighted by Gasteiger charge is 2.23. The summed E-state index contributed by atoms with van der Waals surface area (Å²) in [4.78, 5) is 2.55. The van der Waals surface area contributed by atoms with Crippen molar-refractivity contribution in [3.05, 3.63) is 29.8 Å². The van der Waals surface area contributed by atoms with Gasteiger partial charge in [-0.05, 0) is 37.5 Å². The number of anilines is 1. The Labute approximate surface area is 105 Å². The summed E-state index contributed by atoms with van der Waals surface area (Å²) < 4.78 is 0. The van der Waals surface area contributed by atoms with Crippen LogP contribution >= 0.6 is 0 Å². The quantitative estimate of drug-likeness (QED) is 0.862. The molecule has 1 aliphatic heterocycles. The number of rotatable bonds is 3. The van der Waals surface area contributed by atoms with E-state index in [0.29, 0.717) is 12.1 Å². The molecule has 0 amide bonds. The van der Waals surface area contributed by atoms with Gasteiger partial charge in [-0.15, -0.1) is 0 Å². The Morgan fingerprint density at radius 3 is 2.88 bits per heavy atom. The van der Waals surface area contributed by atoms with Crippen molar-refractivity contribution in [2.45, 2.75) is 45.7 Å². The summed E-state index contributed by atoms with van der Waals surface area (Å²) >= 11 is 0. The first-order chi connectivity index (χ1) is 8.24. The number of hydrogen-bond acceptors (Lipinski definition) is 2. The average molecular weight is 232 g/mol. The van der Waals surface area contributed by atoms with Crippen LogP contribution < -0.4 is 10.2 Å². The van der Waals surface area contributed by atoms with Gasteiger partial charge in [0, 0.05) is 30.9 Å². The van der Waals surface area contributed by atoms with Crippen LogP contribution in [0.5, 0.6) is 0 Å². The second-order valence-corrected chi connectivity index (χ2v) is 5.04. The molecule has 0 bridgehead atoms. The number of nitrogens with zero attached hydrogens (tertiary/aromatic N) is 1. The zero-order valence-electron chi connectivity index (χ0n) is 11.2. The second kappa shape index (κ2) is 5.54. The molecular weight excluding hydrogens is 208 g/mol. The molecular formula is C15H24N2. The zero-order chi connectivity index (χ0) is 12.3. The van der Waals surface area contributed by atoms with E-state index in [2.05, 4.69) is 55.3 Å². The van der Waals surface area contributed by atoms with Gasteiger partial charge in [-0.3, -0.25) is 0 Å². The second-order valence-electron chi connectivity index (χ2n) is 5.04. The molecule has 2 unspecified atom stereocenters. The molecule has 1 N–H and O–H groups in total. The number of aryl methyl sites for hydroxylation is 1.